The minimum Gasteiger partial charge on any atom is -0.493 e. The zero-order valence-corrected chi connectivity index (χ0v) is 12.8. The van der Waals surface area contributed by atoms with Crippen LogP contribution >= 0.6 is 0 Å². The summed E-state index contributed by atoms with van der Waals surface area (Å²) in [5.41, 5.74) is 2.11. The molecule has 7 heteroatoms. The van der Waals surface area contributed by atoms with Gasteiger partial charge in [0.25, 0.3) is 5.91 Å². The number of carbonyl (C=O) groups excluding carboxylic acids is 1. The maximum absolute atomic E-state index is 12.0. The molecule has 0 atom stereocenters. The Balaban J connectivity index is 1.65. The highest BCUT2D eigenvalue weighted by molar-refractivity contribution is 5.93. The van der Waals surface area contributed by atoms with Gasteiger partial charge in [0, 0.05) is 11.1 Å². The molecule has 7 nitrogen and oxygen atoms in total. The van der Waals surface area contributed by atoms with Crippen molar-refractivity contribution in [2.45, 2.75) is 6.92 Å². The fraction of sp³-hybridized carbons (Fsp3) is 0.188. The van der Waals surface area contributed by atoms with Crippen LogP contribution in [-0.4, -0.2) is 34.8 Å². The summed E-state index contributed by atoms with van der Waals surface area (Å²) in [6, 6.07) is 8.98. The van der Waals surface area contributed by atoms with E-state index >= 15 is 0 Å². The number of carbonyl (C=O) groups is 1. The smallest absolute Gasteiger partial charge is 0.262 e. The van der Waals surface area contributed by atoms with E-state index in [2.05, 4.69) is 20.5 Å². The fourth-order valence-electron chi connectivity index (χ4n) is 2.17. The number of ether oxygens (including phenoxy) is 2. The first-order valence-electron chi connectivity index (χ1n) is 7.04. The Morgan fingerprint density at radius 2 is 2.09 bits per heavy atom. The summed E-state index contributed by atoms with van der Waals surface area (Å²) in [4.78, 5) is 16.2. The van der Waals surface area contributed by atoms with Crippen molar-refractivity contribution in [1.29, 1.82) is 0 Å². The van der Waals surface area contributed by atoms with E-state index in [0.29, 0.717) is 22.8 Å². The quantitative estimate of drug-likeness (QED) is 0.754. The number of amides is 1. The van der Waals surface area contributed by atoms with Gasteiger partial charge in [-0.05, 0) is 25.1 Å². The first-order chi connectivity index (χ1) is 11.2. The lowest BCUT2D eigenvalue weighted by Crippen LogP contribution is -2.20. The molecule has 0 spiro atoms. The van der Waals surface area contributed by atoms with E-state index in [0.717, 1.165) is 11.1 Å². The monoisotopic (exact) mass is 312 g/mol. The summed E-state index contributed by atoms with van der Waals surface area (Å²) < 4.78 is 10.7. The Bertz CT molecular complexity index is 844. The van der Waals surface area contributed by atoms with Crippen molar-refractivity contribution < 1.29 is 14.3 Å². The first kappa shape index (κ1) is 14.8. The van der Waals surface area contributed by atoms with Gasteiger partial charge in [0.1, 0.15) is 0 Å². The molecule has 0 aliphatic rings. The van der Waals surface area contributed by atoms with Crippen LogP contribution in [0.3, 0.4) is 0 Å². The number of aromatic amines is 1. The third-order valence-corrected chi connectivity index (χ3v) is 3.31. The van der Waals surface area contributed by atoms with Gasteiger partial charge in [-0.15, -0.1) is 0 Å². The lowest BCUT2D eigenvalue weighted by atomic mass is 10.2. The highest BCUT2D eigenvalue weighted by Crippen LogP contribution is 2.25. The second kappa shape index (κ2) is 6.35. The average Bonchev–Trinajstić information content (AvgIpc) is 2.94. The van der Waals surface area contributed by atoms with Crippen LogP contribution in [0.1, 0.15) is 5.69 Å². The predicted octanol–water partition coefficient (Wildman–Crippen LogP) is 2.29. The molecule has 3 aromatic rings. The molecule has 0 aliphatic carbocycles. The van der Waals surface area contributed by atoms with Gasteiger partial charge in [0.05, 0.1) is 19.0 Å². The van der Waals surface area contributed by atoms with Crippen molar-refractivity contribution in [1.82, 2.24) is 15.2 Å². The molecule has 2 aromatic heterocycles. The Morgan fingerprint density at radius 3 is 2.87 bits per heavy atom. The molecule has 2 N–H and O–H groups in total. The number of nitrogens with zero attached hydrogens (tertiary/aromatic N) is 2. The first-order valence-corrected chi connectivity index (χ1v) is 7.04. The van der Waals surface area contributed by atoms with Gasteiger partial charge >= 0.3 is 0 Å². The van der Waals surface area contributed by atoms with Crippen LogP contribution in [0.2, 0.25) is 0 Å². The van der Waals surface area contributed by atoms with Crippen molar-refractivity contribution in [3.63, 3.8) is 0 Å². The molecule has 0 unspecified atom stereocenters. The van der Waals surface area contributed by atoms with Gasteiger partial charge < -0.3 is 14.8 Å². The van der Waals surface area contributed by atoms with Gasteiger partial charge in [-0.1, -0.05) is 12.1 Å². The molecule has 2 heterocycles. The number of benzene rings is 1. The fourth-order valence-corrected chi connectivity index (χ4v) is 2.17. The predicted molar refractivity (Wildman–Crippen MR) is 85.7 cm³/mol. The topological polar surface area (TPSA) is 89.1 Å². The minimum atomic E-state index is -0.279. The van der Waals surface area contributed by atoms with Crippen LogP contribution in [0, 0.1) is 6.92 Å². The Morgan fingerprint density at radius 1 is 1.30 bits per heavy atom. The zero-order chi connectivity index (χ0) is 16.2. The third kappa shape index (κ3) is 3.23. The number of methoxy groups -OCH3 is 1. The molecule has 0 saturated carbocycles. The van der Waals surface area contributed by atoms with E-state index in [9.17, 15) is 4.79 Å². The lowest BCUT2D eigenvalue weighted by Gasteiger charge is -2.10. The number of para-hydroxylation sites is 2. The molecular weight excluding hydrogens is 296 g/mol. The number of nitrogens with one attached hydrogen (secondary N) is 2. The molecule has 3 rings (SSSR count). The average molecular weight is 312 g/mol. The SMILES string of the molecule is COc1ccccc1OCC(=O)Nc1cnc2n[nH]c(C)c2c1. The molecular formula is C16H16N4O3. The standard InChI is InChI=1S/C16H16N4O3/c1-10-12-7-11(8-17-16(12)20-19-10)18-15(21)9-23-14-6-4-3-5-13(14)22-2/h3-8H,9H2,1-2H3,(H,18,21)(H,17,19,20). The maximum atomic E-state index is 12.0. The summed E-state index contributed by atoms with van der Waals surface area (Å²) in [6.07, 6.45) is 1.56. The Hall–Kier alpha value is -3.09. The number of H-pyrrole nitrogens is 1. The van der Waals surface area contributed by atoms with Crippen LogP contribution in [-0.2, 0) is 4.79 Å². The molecule has 0 fully saturated rings. The number of aryl methyl sites for hydroxylation is 1. The van der Waals surface area contributed by atoms with Crippen molar-refractivity contribution in [3.8, 4) is 11.5 Å². The molecule has 0 aliphatic heterocycles. The molecule has 0 saturated heterocycles. The van der Waals surface area contributed by atoms with E-state index in [4.69, 9.17) is 9.47 Å². The van der Waals surface area contributed by atoms with Crippen molar-refractivity contribution in [3.05, 3.63) is 42.2 Å². The second-order valence-corrected chi connectivity index (χ2v) is 4.93. The van der Waals surface area contributed by atoms with E-state index in [1.807, 2.05) is 25.1 Å². The number of aromatic nitrogens is 3. The van der Waals surface area contributed by atoms with Crippen LogP contribution in [0.25, 0.3) is 11.0 Å². The van der Waals surface area contributed by atoms with Crippen molar-refractivity contribution in [2.75, 3.05) is 19.0 Å². The molecule has 118 valence electrons. The van der Waals surface area contributed by atoms with Crippen molar-refractivity contribution >= 4 is 22.6 Å². The largest absolute Gasteiger partial charge is 0.493 e. The van der Waals surface area contributed by atoms with Crippen LogP contribution in [0.5, 0.6) is 11.5 Å². The number of hydrogen-bond donors (Lipinski definition) is 2. The molecule has 0 bridgehead atoms. The minimum absolute atomic E-state index is 0.122. The highest BCUT2D eigenvalue weighted by atomic mass is 16.5. The van der Waals surface area contributed by atoms with Crippen LogP contribution < -0.4 is 14.8 Å². The third-order valence-electron chi connectivity index (χ3n) is 3.31. The lowest BCUT2D eigenvalue weighted by molar-refractivity contribution is -0.118. The summed E-state index contributed by atoms with van der Waals surface area (Å²) in [7, 11) is 1.55. The van der Waals surface area contributed by atoms with Crippen LogP contribution in [0.15, 0.2) is 36.5 Å². The number of rotatable bonds is 5. The molecule has 1 aromatic carbocycles. The Labute approximate surface area is 132 Å². The van der Waals surface area contributed by atoms with E-state index in [1.165, 1.54) is 0 Å². The second-order valence-electron chi connectivity index (χ2n) is 4.93. The summed E-state index contributed by atoms with van der Waals surface area (Å²) in [5, 5.41) is 10.5. The maximum Gasteiger partial charge on any atom is 0.262 e. The number of hydrogen-bond acceptors (Lipinski definition) is 5. The van der Waals surface area contributed by atoms with Crippen LogP contribution in [0.4, 0.5) is 5.69 Å². The van der Waals surface area contributed by atoms with E-state index < -0.39 is 0 Å². The van der Waals surface area contributed by atoms with E-state index in [1.54, 1.807) is 25.4 Å². The van der Waals surface area contributed by atoms with E-state index in [-0.39, 0.29) is 12.5 Å². The van der Waals surface area contributed by atoms with Gasteiger partial charge in [0.15, 0.2) is 23.8 Å². The molecule has 0 radical (unpaired) electrons. The summed E-state index contributed by atoms with van der Waals surface area (Å²) >= 11 is 0. The molecule has 23 heavy (non-hydrogen) atoms. The van der Waals surface area contributed by atoms with Crippen molar-refractivity contribution in [2.24, 2.45) is 0 Å². The van der Waals surface area contributed by atoms with Gasteiger partial charge in [-0.2, -0.15) is 5.10 Å². The Kier molecular flexibility index (Phi) is 4.09. The highest BCUT2D eigenvalue weighted by Gasteiger charge is 2.09. The normalized spacial score (nSPS) is 10.5. The number of pyridine rings is 1. The summed E-state index contributed by atoms with van der Waals surface area (Å²) in [6.45, 7) is 1.77. The summed E-state index contributed by atoms with van der Waals surface area (Å²) in [5.74, 6) is 0.819. The van der Waals surface area contributed by atoms with Gasteiger partial charge in [0.2, 0.25) is 0 Å². The van der Waals surface area contributed by atoms with Gasteiger partial charge in [-0.3, -0.25) is 9.89 Å². The number of anilines is 1. The zero-order valence-electron chi connectivity index (χ0n) is 12.8. The number of fused-ring (bicyclic) bond motifs is 1. The molecule has 1 amide bonds. The van der Waals surface area contributed by atoms with Gasteiger partial charge in [-0.25, -0.2) is 4.98 Å².